The highest BCUT2D eigenvalue weighted by Gasteiger charge is 1.72. The first-order valence-electron chi connectivity index (χ1n) is 2.74. The van der Waals surface area contributed by atoms with Crippen LogP contribution in [0.1, 0.15) is 6.92 Å². The van der Waals surface area contributed by atoms with Crippen molar-refractivity contribution in [2.75, 3.05) is 0 Å². The maximum atomic E-state index is 2.08. The molecule has 0 spiro atoms. The molecule has 0 fully saturated rings. The van der Waals surface area contributed by atoms with Crippen molar-refractivity contribution < 1.29 is 0 Å². The van der Waals surface area contributed by atoms with E-state index in [2.05, 4.69) is 19.1 Å². The van der Waals surface area contributed by atoms with Gasteiger partial charge in [0.25, 0.3) is 0 Å². The molecule has 0 radical (unpaired) electrons. The van der Waals surface area contributed by atoms with E-state index in [0.717, 1.165) is 0 Å². The minimum absolute atomic E-state index is 1.30. The van der Waals surface area contributed by atoms with Crippen molar-refractivity contribution in [3.05, 3.63) is 42.4 Å². The summed E-state index contributed by atoms with van der Waals surface area (Å²) in [6, 6.07) is 0. The normalized spacial score (nSPS) is 16.9. The van der Waals surface area contributed by atoms with Gasteiger partial charge in [-0.2, -0.15) is 30.7 Å². The molecule has 0 aromatic rings. The summed E-state index contributed by atoms with van der Waals surface area (Å²) < 4.78 is 0. The van der Waals surface area contributed by atoms with Crippen LogP contribution in [0, 0.1) is 6.42 Å². The predicted octanol–water partition coefficient (Wildman–Crippen LogP) is 2.26. The lowest BCUT2D eigenvalue weighted by Crippen LogP contribution is -1.60. The Hall–Kier alpha value is -0.910. The highest BCUT2D eigenvalue weighted by atomic mass is 13.9. The van der Waals surface area contributed by atoms with Gasteiger partial charge in [-0.3, -0.25) is 0 Å². The molecular formula is C8H9-. The average molecular weight is 105 g/mol. The van der Waals surface area contributed by atoms with E-state index in [9.17, 15) is 0 Å². The van der Waals surface area contributed by atoms with Gasteiger partial charge < -0.3 is 0 Å². The van der Waals surface area contributed by atoms with E-state index in [0.29, 0.717) is 0 Å². The molecular weight excluding hydrogens is 96.1 g/mol. The maximum absolute atomic E-state index is 2.08. The molecule has 0 unspecified atom stereocenters. The van der Waals surface area contributed by atoms with Crippen molar-refractivity contribution in [2.24, 2.45) is 0 Å². The van der Waals surface area contributed by atoms with Crippen LogP contribution in [0.2, 0.25) is 0 Å². The summed E-state index contributed by atoms with van der Waals surface area (Å²) in [5.74, 6) is 0. The topological polar surface area (TPSA) is 0 Å². The fraction of sp³-hybridized carbons (Fsp3) is 0.125. The van der Waals surface area contributed by atoms with Crippen molar-refractivity contribution in [3.63, 3.8) is 0 Å². The van der Waals surface area contributed by atoms with Crippen LogP contribution in [0.5, 0.6) is 0 Å². The highest BCUT2D eigenvalue weighted by Crippen LogP contribution is 2.00. The summed E-state index contributed by atoms with van der Waals surface area (Å²) in [6.07, 6.45) is 12.3. The van der Waals surface area contributed by atoms with Gasteiger partial charge in [-0.1, -0.05) is 6.92 Å². The van der Waals surface area contributed by atoms with E-state index in [1.807, 2.05) is 24.6 Å². The largest absolute Gasteiger partial charge is 0.172 e. The van der Waals surface area contributed by atoms with E-state index in [1.165, 1.54) is 5.57 Å². The lowest BCUT2D eigenvalue weighted by atomic mass is 10.3. The molecule has 0 saturated heterocycles. The Kier molecular flexibility index (Phi) is 1.58. The van der Waals surface area contributed by atoms with Crippen LogP contribution >= 0.6 is 0 Å². The van der Waals surface area contributed by atoms with E-state index in [-0.39, 0.29) is 0 Å². The molecule has 0 amide bonds. The van der Waals surface area contributed by atoms with Gasteiger partial charge in [0.2, 0.25) is 0 Å². The van der Waals surface area contributed by atoms with E-state index in [4.69, 9.17) is 0 Å². The molecule has 0 nitrogen and oxygen atoms in total. The number of hydrogen-bond donors (Lipinski definition) is 0. The van der Waals surface area contributed by atoms with E-state index < -0.39 is 0 Å². The minimum atomic E-state index is 1.30. The molecule has 1 aliphatic carbocycles. The Balaban J connectivity index is 2.73. The summed E-state index contributed by atoms with van der Waals surface area (Å²) >= 11 is 0. The molecule has 0 saturated carbocycles. The molecule has 0 aromatic heterocycles. The first-order valence-corrected chi connectivity index (χ1v) is 2.74. The number of rotatable bonds is 0. The molecule has 1 rings (SSSR count). The smallest absolute Gasteiger partial charge is 0.0523 e. The van der Waals surface area contributed by atoms with Crippen LogP contribution in [-0.2, 0) is 0 Å². The third-order valence-corrected chi connectivity index (χ3v) is 1.05. The van der Waals surface area contributed by atoms with Gasteiger partial charge in [-0.15, -0.1) is 11.6 Å². The van der Waals surface area contributed by atoms with Crippen LogP contribution < -0.4 is 0 Å². The summed E-state index contributed by atoms with van der Waals surface area (Å²) in [6.45, 7) is 2.08. The number of hydrogen-bond acceptors (Lipinski definition) is 0. The third kappa shape index (κ3) is 1.30. The highest BCUT2D eigenvalue weighted by molar-refractivity contribution is 5.29. The van der Waals surface area contributed by atoms with Gasteiger partial charge in [0, 0.05) is 0 Å². The van der Waals surface area contributed by atoms with E-state index >= 15 is 0 Å². The predicted molar refractivity (Wildman–Crippen MR) is 36.3 cm³/mol. The maximum Gasteiger partial charge on any atom is -0.0523 e. The van der Waals surface area contributed by atoms with Crippen LogP contribution in [0.3, 0.4) is 0 Å². The van der Waals surface area contributed by atoms with Crippen LogP contribution in [-0.4, -0.2) is 0 Å². The van der Waals surface area contributed by atoms with Crippen LogP contribution in [0.15, 0.2) is 36.0 Å². The molecule has 0 heterocycles. The molecule has 42 valence electrons. The van der Waals surface area contributed by atoms with Crippen molar-refractivity contribution in [3.8, 4) is 0 Å². The summed E-state index contributed by atoms with van der Waals surface area (Å²) in [7, 11) is 0. The summed E-state index contributed by atoms with van der Waals surface area (Å²) in [4.78, 5) is 0. The second-order valence-corrected chi connectivity index (χ2v) is 1.85. The molecule has 0 atom stereocenters. The molecule has 0 aliphatic heterocycles. The molecule has 0 bridgehead atoms. The number of allylic oxidation sites excluding steroid dienone is 6. The summed E-state index contributed by atoms with van der Waals surface area (Å²) in [5.41, 5.74) is 1.30. The Morgan fingerprint density at radius 2 is 2.25 bits per heavy atom. The van der Waals surface area contributed by atoms with Gasteiger partial charge in [0.15, 0.2) is 0 Å². The zero-order chi connectivity index (χ0) is 5.82. The Morgan fingerprint density at radius 1 is 1.38 bits per heavy atom. The van der Waals surface area contributed by atoms with E-state index in [1.54, 1.807) is 0 Å². The Bertz CT molecular complexity index is 147. The zero-order valence-electron chi connectivity index (χ0n) is 4.96. The van der Waals surface area contributed by atoms with Gasteiger partial charge in [0.1, 0.15) is 0 Å². The van der Waals surface area contributed by atoms with Crippen LogP contribution in [0.4, 0.5) is 0 Å². The Morgan fingerprint density at radius 3 is 3.12 bits per heavy atom. The first kappa shape index (κ1) is 5.23. The van der Waals surface area contributed by atoms with Gasteiger partial charge in [0.05, 0.1) is 0 Å². The lowest BCUT2D eigenvalue weighted by Gasteiger charge is -1.88. The minimum Gasteiger partial charge on any atom is -0.172 e. The van der Waals surface area contributed by atoms with Crippen molar-refractivity contribution >= 4 is 0 Å². The van der Waals surface area contributed by atoms with Crippen LogP contribution in [0.25, 0.3) is 0 Å². The van der Waals surface area contributed by atoms with Gasteiger partial charge >= 0.3 is 0 Å². The second-order valence-electron chi connectivity index (χ2n) is 1.85. The lowest BCUT2D eigenvalue weighted by molar-refractivity contribution is 1.53. The van der Waals surface area contributed by atoms with Gasteiger partial charge in [-0.05, 0) is 0 Å². The monoisotopic (exact) mass is 105 g/mol. The zero-order valence-corrected chi connectivity index (χ0v) is 4.96. The van der Waals surface area contributed by atoms with Crippen molar-refractivity contribution in [2.45, 2.75) is 6.92 Å². The fourth-order valence-corrected chi connectivity index (χ4v) is 0.599. The molecule has 0 aromatic carbocycles. The first-order chi connectivity index (χ1) is 3.89. The SMILES string of the molecule is CC1=CC=C[CH-]C=C1. The van der Waals surface area contributed by atoms with Crippen molar-refractivity contribution in [1.82, 2.24) is 0 Å². The van der Waals surface area contributed by atoms with Crippen molar-refractivity contribution in [1.29, 1.82) is 0 Å². The third-order valence-electron chi connectivity index (χ3n) is 1.05. The second kappa shape index (κ2) is 2.41. The standard InChI is InChI=1S/C8H9/c1-8-6-4-2-3-5-7-8/h2-7H,1H3/q-1. The molecule has 8 heavy (non-hydrogen) atoms. The summed E-state index contributed by atoms with van der Waals surface area (Å²) in [5, 5.41) is 0. The quantitative estimate of drug-likeness (QED) is 0.414. The fourth-order valence-electron chi connectivity index (χ4n) is 0.599. The Labute approximate surface area is 50.2 Å². The average Bonchev–Trinajstić information content (AvgIpc) is 1.94. The molecule has 1 aliphatic rings. The molecule has 0 N–H and O–H groups in total. The van der Waals surface area contributed by atoms with Gasteiger partial charge in [-0.25, -0.2) is 0 Å². The molecule has 0 heteroatoms.